The second-order valence-electron chi connectivity index (χ2n) is 9.89. The quantitative estimate of drug-likeness (QED) is 0.350. The molecule has 8 heteroatoms. The van der Waals surface area contributed by atoms with Crippen LogP contribution in [0.4, 0.5) is 26.2 Å². The SMILES string of the molecule is CC.CC(C)(C)OC(=O)Nc1ccc(-c2ccc(F)cc2)cc1NC(=O)c1ccc(N2CCC(N)C2)cc1. The molecule has 1 aliphatic rings. The maximum Gasteiger partial charge on any atom is 0.412 e. The second kappa shape index (κ2) is 12.6. The molecule has 1 fully saturated rings. The summed E-state index contributed by atoms with van der Waals surface area (Å²) in [6.07, 6.45) is 0.306. The first-order chi connectivity index (χ1) is 18.1. The first-order valence-electron chi connectivity index (χ1n) is 12.9. The molecule has 202 valence electrons. The molecule has 1 unspecified atom stereocenters. The van der Waals surface area contributed by atoms with Crippen LogP contribution in [0.3, 0.4) is 0 Å². The number of carbonyl (C=O) groups excluding carboxylic acids is 2. The molecule has 1 aliphatic heterocycles. The maximum atomic E-state index is 13.4. The highest BCUT2D eigenvalue weighted by molar-refractivity contribution is 6.07. The van der Waals surface area contributed by atoms with Gasteiger partial charge in [-0.1, -0.05) is 32.0 Å². The smallest absolute Gasteiger partial charge is 0.412 e. The number of carbonyl (C=O) groups is 2. The Hall–Kier alpha value is -3.91. The van der Waals surface area contributed by atoms with Crippen LogP contribution in [-0.4, -0.2) is 36.7 Å². The summed E-state index contributed by atoms with van der Waals surface area (Å²) in [6.45, 7) is 11.0. The number of hydrogen-bond acceptors (Lipinski definition) is 5. The highest BCUT2D eigenvalue weighted by atomic mass is 19.1. The number of halogens is 1. The van der Waals surface area contributed by atoms with Crippen molar-refractivity contribution in [2.24, 2.45) is 5.73 Å². The van der Waals surface area contributed by atoms with Crippen LogP contribution in [-0.2, 0) is 4.74 Å². The van der Waals surface area contributed by atoms with Gasteiger partial charge >= 0.3 is 6.09 Å². The number of ether oxygens (including phenoxy) is 1. The largest absolute Gasteiger partial charge is 0.444 e. The molecule has 3 aromatic carbocycles. The van der Waals surface area contributed by atoms with Gasteiger partial charge in [0.05, 0.1) is 11.4 Å². The minimum atomic E-state index is -0.678. The summed E-state index contributed by atoms with van der Waals surface area (Å²) in [5.41, 5.74) is 9.11. The monoisotopic (exact) mass is 520 g/mol. The molecule has 4 N–H and O–H groups in total. The molecular weight excluding hydrogens is 483 g/mol. The summed E-state index contributed by atoms with van der Waals surface area (Å²) in [6, 6.07) is 18.7. The van der Waals surface area contributed by atoms with Crippen molar-refractivity contribution in [2.75, 3.05) is 28.6 Å². The maximum absolute atomic E-state index is 13.4. The van der Waals surface area contributed by atoms with Crippen LogP contribution in [0, 0.1) is 5.82 Å². The molecule has 0 saturated carbocycles. The van der Waals surface area contributed by atoms with E-state index in [-0.39, 0.29) is 17.8 Å². The van der Waals surface area contributed by atoms with Crippen molar-refractivity contribution in [1.29, 1.82) is 0 Å². The zero-order chi connectivity index (χ0) is 27.9. The molecule has 1 heterocycles. The predicted octanol–water partition coefficient (Wildman–Crippen LogP) is 6.66. The average molecular weight is 521 g/mol. The minimum Gasteiger partial charge on any atom is -0.444 e. The number of nitrogens with one attached hydrogen (secondary N) is 2. The van der Waals surface area contributed by atoms with Crippen LogP contribution in [0.25, 0.3) is 11.1 Å². The number of amides is 2. The lowest BCUT2D eigenvalue weighted by Crippen LogP contribution is -2.27. The third-order valence-electron chi connectivity index (χ3n) is 5.80. The van der Waals surface area contributed by atoms with Crippen LogP contribution in [0.1, 0.15) is 51.4 Å². The van der Waals surface area contributed by atoms with Crippen LogP contribution >= 0.6 is 0 Å². The van der Waals surface area contributed by atoms with Gasteiger partial charge in [0.2, 0.25) is 0 Å². The van der Waals surface area contributed by atoms with Crippen LogP contribution in [0.15, 0.2) is 66.7 Å². The molecule has 0 bridgehead atoms. The molecule has 0 aromatic heterocycles. The fourth-order valence-electron chi connectivity index (χ4n) is 4.03. The summed E-state index contributed by atoms with van der Waals surface area (Å²) >= 11 is 0. The number of nitrogens with zero attached hydrogens (tertiary/aromatic N) is 1. The van der Waals surface area contributed by atoms with Gasteiger partial charge < -0.3 is 20.7 Å². The van der Waals surface area contributed by atoms with Crippen molar-refractivity contribution >= 4 is 29.1 Å². The lowest BCUT2D eigenvalue weighted by Gasteiger charge is -2.21. The number of anilines is 3. The van der Waals surface area contributed by atoms with Gasteiger partial charge in [-0.2, -0.15) is 0 Å². The number of hydrogen-bond donors (Lipinski definition) is 3. The van der Waals surface area contributed by atoms with Crippen molar-refractivity contribution in [1.82, 2.24) is 0 Å². The molecule has 1 atom stereocenters. The van der Waals surface area contributed by atoms with Crippen LogP contribution in [0.2, 0.25) is 0 Å². The Balaban J connectivity index is 0.00000195. The van der Waals surface area contributed by atoms with E-state index in [1.165, 1.54) is 12.1 Å². The first-order valence-corrected chi connectivity index (χ1v) is 12.9. The average Bonchev–Trinajstić information content (AvgIpc) is 3.32. The van der Waals surface area contributed by atoms with Gasteiger partial charge in [-0.15, -0.1) is 0 Å². The van der Waals surface area contributed by atoms with E-state index in [1.54, 1.807) is 63.2 Å². The Bertz CT molecular complexity index is 1240. The van der Waals surface area contributed by atoms with Crippen molar-refractivity contribution in [3.63, 3.8) is 0 Å². The highest BCUT2D eigenvalue weighted by Crippen LogP contribution is 2.30. The zero-order valence-electron chi connectivity index (χ0n) is 22.7. The van der Waals surface area contributed by atoms with E-state index in [1.807, 2.05) is 26.0 Å². The molecule has 38 heavy (non-hydrogen) atoms. The molecule has 0 spiro atoms. The van der Waals surface area contributed by atoms with Crippen molar-refractivity contribution in [3.8, 4) is 11.1 Å². The standard InChI is InChI=1S/C28H31FN4O3.C2H6/c1-28(2,3)36-27(35)32-24-13-8-20(18-4-9-21(29)10-5-18)16-25(24)31-26(34)19-6-11-23(12-7-19)33-15-14-22(30)17-33;1-2/h4-13,16,22H,14-15,17,30H2,1-3H3,(H,31,34)(H,32,35);1-2H3. The Labute approximate surface area is 224 Å². The zero-order valence-corrected chi connectivity index (χ0v) is 22.7. The number of rotatable bonds is 5. The second-order valence-corrected chi connectivity index (χ2v) is 9.89. The first kappa shape index (κ1) is 28.7. The molecule has 0 aliphatic carbocycles. The summed E-state index contributed by atoms with van der Waals surface area (Å²) in [7, 11) is 0. The van der Waals surface area contributed by atoms with Gasteiger partial charge in [0.1, 0.15) is 11.4 Å². The highest BCUT2D eigenvalue weighted by Gasteiger charge is 2.21. The molecule has 2 amide bonds. The van der Waals surface area contributed by atoms with E-state index in [0.717, 1.165) is 36.3 Å². The summed E-state index contributed by atoms with van der Waals surface area (Å²) in [4.78, 5) is 27.7. The van der Waals surface area contributed by atoms with E-state index in [0.29, 0.717) is 16.9 Å². The summed E-state index contributed by atoms with van der Waals surface area (Å²) < 4.78 is 18.8. The Morgan fingerprint density at radius 3 is 2.13 bits per heavy atom. The lowest BCUT2D eigenvalue weighted by atomic mass is 10.0. The van der Waals surface area contributed by atoms with Crippen molar-refractivity contribution < 1.29 is 18.7 Å². The summed E-state index contributed by atoms with van der Waals surface area (Å²) in [5.74, 6) is -0.669. The Morgan fingerprint density at radius 2 is 1.55 bits per heavy atom. The van der Waals surface area contributed by atoms with Gasteiger partial charge in [-0.3, -0.25) is 10.1 Å². The topological polar surface area (TPSA) is 96.7 Å². The van der Waals surface area contributed by atoms with Crippen LogP contribution in [0.5, 0.6) is 0 Å². The van der Waals surface area contributed by atoms with E-state index in [4.69, 9.17) is 10.5 Å². The van der Waals surface area contributed by atoms with Gasteiger partial charge in [0.15, 0.2) is 0 Å². The molecule has 0 radical (unpaired) electrons. The number of benzene rings is 3. The van der Waals surface area contributed by atoms with E-state index in [2.05, 4.69) is 15.5 Å². The van der Waals surface area contributed by atoms with Crippen molar-refractivity contribution in [2.45, 2.75) is 52.7 Å². The molecule has 4 rings (SSSR count). The van der Waals surface area contributed by atoms with Gasteiger partial charge in [-0.05, 0) is 86.8 Å². The van der Waals surface area contributed by atoms with E-state index < -0.39 is 11.7 Å². The molecule has 1 saturated heterocycles. The molecule has 7 nitrogen and oxygen atoms in total. The Kier molecular flexibility index (Phi) is 9.47. The number of nitrogens with two attached hydrogens (primary N) is 1. The predicted molar refractivity (Wildman–Crippen MR) is 152 cm³/mol. The fraction of sp³-hybridized carbons (Fsp3) is 0.333. The van der Waals surface area contributed by atoms with Crippen molar-refractivity contribution in [3.05, 3.63) is 78.1 Å². The molecule has 3 aromatic rings. The van der Waals surface area contributed by atoms with Gasteiger partial charge in [0, 0.05) is 30.4 Å². The summed E-state index contributed by atoms with van der Waals surface area (Å²) in [5, 5.41) is 5.60. The third-order valence-corrected chi connectivity index (χ3v) is 5.80. The fourth-order valence-corrected chi connectivity index (χ4v) is 4.03. The lowest BCUT2D eigenvalue weighted by molar-refractivity contribution is 0.0635. The third kappa shape index (κ3) is 7.79. The van der Waals surface area contributed by atoms with Gasteiger partial charge in [-0.25, -0.2) is 9.18 Å². The normalized spacial score (nSPS) is 14.8. The Morgan fingerprint density at radius 1 is 0.921 bits per heavy atom. The van der Waals surface area contributed by atoms with E-state index >= 15 is 0 Å². The molecular formula is C30H37FN4O3. The van der Waals surface area contributed by atoms with E-state index in [9.17, 15) is 14.0 Å². The minimum absolute atomic E-state index is 0.164. The van der Waals surface area contributed by atoms with Crippen LogP contribution < -0.4 is 21.3 Å². The van der Waals surface area contributed by atoms with Gasteiger partial charge in [0.25, 0.3) is 5.91 Å².